The fourth-order valence-electron chi connectivity index (χ4n) is 4.20. The fourth-order valence-corrected chi connectivity index (χ4v) is 4.20. The quantitative estimate of drug-likeness (QED) is 0.651. The molecule has 0 bridgehead atoms. The highest BCUT2D eigenvalue weighted by Gasteiger charge is 2.54. The van der Waals surface area contributed by atoms with Crippen LogP contribution in [-0.4, -0.2) is 71.7 Å². The van der Waals surface area contributed by atoms with Crippen molar-refractivity contribution in [2.45, 2.75) is 58.1 Å². The van der Waals surface area contributed by atoms with Gasteiger partial charge in [0.2, 0.25) is 5.78 Å². The summed E-state index contributed by atoms with van der Waals surface area (Å²) in [7, 11) is 1.20. The highest BCUT2D eigenvalue weighted by Crippen LogP contribution is 2.37. The Morgan fingerprint density at radius 1 is 1.23 bits per heavy atom. The number of allylic oxidation sites excluding steroid dienone is 2. The molecular weight excluding hydrogens is 408 g/mol. The summed E-state index contributed by atoms with van der Waals surface area (Å²) in [6.45, 7) is 6.68. The molecule has 166 valence electrons. The van der Waals surface area contributed by atoms with Crippen molar-refractivity contribution < 1.29 is 38.4 Å². The SMILES string of the molecule is COC(=O)c1c(C)nc(C)c2c1C(=O)C=C(NC[C@H]1O[C@@H]3OC(C)(C)O[C@@H]3[C@H]1O)C2=O. The van der Waals surface area contributed by atoms with Gasteiger partial charge in [-0.25, -0.2) is 4.79 Å². The van der Waals surface area contributed by atoms with Gasteiger partial charge >= 0.3 is 5.97 Å². The van der Waals surface area contributed by atoms with Crippen molar-refractivity contribution in [3.05, 3.63) is 39.9 Å². The zero-order valence-electron chi connectivity index (χ0n) is 17.8. The van der Waals surface area contributed by atoms with Crippen LogP contribution in [0.1, 0.15) is 56.3 Å². The molecule has 0 spiro atoms. The van der Waals surface area contributed by atoms with Gasteiger partial charge in [0.1, 0.15) is 18.3 Å². The number of hydrogen-bond donors (Lipinski definition) is 2. The maximum absolute atomic E-state index is 13.1. The predicted octanol–water partition coefficient (Wildman–Crippen LogP) is 0.575. The number of nitrogens with zero attached hydrogens (tertiary/aromatic N) is 1. The van der Waals surface area contributed by atoms with Crippen molar-refractivity contribution in [3.8, 4) is 0 Å². The number of ketones is 2. The van der Waals surface area contributed by atoms with Crippen LogP contribution in [0.3, 0.4) is 0 Å². The van der Waals surface area contributed by atoms with E-state index in [-0.39, 0.29) is 28.9 Å². The number of carbonyl (C=O) groups excluding carboxylic acids is 3. The molecule has 0 unspecified atom stereocenters. The maximum Gasteiger partial charge on any atom is 0.340 e. The van der Waals surface area contributed by atoms with Gasteiger partial charge in [-0.2, -0.15) is 0 Å². The second-order valence-corrected chi connectivity index (χ2v) is 8.17. The molecule has 10 nitrogen and oxygen atoms in total. The van der Waals surface area contributed by atoms with Crippen LogP contribution >= 0.6 is 0 Å². The lowest BCUT2D eigenvalue weighted by Crippen LogP contribution is -2.41. The summed E-state index contributed by atoms with van der Waals surface area (Å²) in [5.74, 6) is -2.58. The standard InChI is InChI=1S/C21H24N2O8/c1-8-13-15(14(9(2)23-8)19(27)28-5)11(24)6-10(16(13)25)22-7-12-17(26)18-20(29-12)31-21(3,4)30-18/h6,12,17-18,20,22,26H,7H2,1-5H3/t12-,17+,18-,20-/m1/s1. The van der Waals surface area contributed by atoms with Crippen LogP contribution in [0.4, 0.5) is 0 Å². The van der Waals surface area contributed by atoms with E-state index in [2.05, 4.69) is 10.3 Å². The Morgan fingerprint density at radius 2 is 1.94 bits per heavy atom. The zero-order chi connectivity index (χ0) is 22.7. The minimum Gasteiger partial charge on any atom is -0.465 e. The Balaban J connectivity index is 1.55. The fraction of sp³-hybridized carbons (Fsp3) is 0.524. The Labute approximate surface area is 178 Å². The first-order chi connectivity index (χ1) is 14.5. The Bertz CT molecular complexity index is 1020. The van der Waals surface area contributed by atoms with Crippen LogP contribution in [0.25, 0.3) is 0 Å². The van der Waals surface area contributed by atoms with Crippen molar-refractivity contribution >= 4 is 17.5 Å². The van der Waals surface area contributed by atoms with Crippen molar-refractivity contribution in [3.63, 3.8) is 0 Å². The third-order valence-corrected chi connectivity index (χ3v) is 5.55. The van der Waals surface area contributed by atoms with E-state index in [1.807, 2.05) is 0 Å². The number of esters is 1. The van der Waals surface area contributed by atoms with Gasteiger partial charge in [0.25, 0.3) is 0 Å². The van der Waals surface area contributed by atoms with Crippen LogP contribution in [0, 0.1) is 13.8 Å². The van der Waals surface area contributed by atoms with Gasteiger partial charge in [-0.15, -0.1) is 0 Å². The zero-order valence-corrected chi connectivity index (χ0v) is 17.8. The van der Waals surface area contributed by atoms with E-state index < -0.39 is 47.9 Å². The number of methoxy groups -OCH3 is 1. The number of nitrogens with one attached hydrogen (secondary N) is 1. The smallest absolute Gasteiger partial charge is 0.340 e. The summed E-state index contributed by atoms with van der Waals surface area (Å²) < 4.78 is 21.7. The molecule has 2 aliphatic heterocycles. The molecule has 3 aliphatic rings. The monoisotopic (exact) mass is 432 g/mol. The molecule has 0 saturated carbocycles. The largest absolute Gasteiger partial charge is 0.465 e. The van der Waals surface area contributed by atoms with Gasteiger partial charge in [0, 0.05) is 18.3 Å². The van der Waals surface area contributed by atoms with Crippen LogP contribution in [0.2, 0.25) is 0 Å². The molecule has 0 amide bonds. The molecule has 10 heteroatoms. The van der Waals surface area contributed by atoms with Crippen LogP contribution in [-0.2, 0) is 18.9 Å². The topological polar surface area (TPSA) is 133 Å². The number of Topliss-reactive ketones (excluding diaryl/α,β-unsaturated/α-hetero) is 1. The summed E-state index contributed by atoms with van der Waals surface area (Å²) in [6.07, 6.45) is -1.91. The molecule has 2 N–H and O–H groups in total. The first-order valence-corrected chi connectivity index (χ1v) is 9.87. The summed E-state index contributed by atoms with van der Waals surface area (Å²) in [5, 5.41) is 13.4. The van der Waals surface area contributed by atoms with Crippen LogP contribution in [0.5, 0.6) is 0 Å². The summed E-state index contributed by atoms with van der Waals surface area (Å²) >= 11 is 0. The lowest BCUT2D eigenvalue weighted by Gasteiger charge is -2.25. The number of rotatable bonds is 4. The average molecular weight is 432 g/mol. The van der Waals surface area contributed by atoms with E-state index in [9.17, 15) is 19.5 Å². The molecule has 1 aromatic heterocycles. The molecule has 3 heterocycles. The van der Waals surface area contributed by atoms with Crippen LogP contribution in [0.15, 0.2) is 11.8 Å². The van der Waals surface area contributed by atoms with E-state index >= 15 is 0 Å². The summed E-state index contributed by atoms with van der Waals surface area (Å²) in [4.78, 5) is 42.4. The van der Waals surface area contributed by atoms with Crippen molar-refractivity contribution in [2.24, 2.45) is 0 Å². The molecule has 4 atom stereocenters. The van der Waals surface area contributed by atoms with E-state index in [1.165, 1.54) is 7.11 Å². The second-order valence-electron chi connectivity index (χ2n) is 8.17. The second kappa shape index (κ2) is 7.49. The summed E-state index contributed by atoms with van der Waals surface area (Å²) in [5.41, 5.74) is 0.697. The summed E-state index contributed by atoms with van der Waals surface area (Å²) in [6, 6.07) is 0. The molecular formula is C21H24N2O8. The number of aliphatic hydroxyl groups is 1. The molecule has 1 aromatic rings. The minimum atomic E-state index is -0.974. The minimum absolute atomic E-state index is 0.0110. The number of aliphatic hydroxyl groups excluding tert-OH is 1. The Hall–Kier alpha value is -2.66. The third kappa shape index (κ3) is 3.55. The number of pyridine rings is 1. The first-order valence-electron chi connectivity index (χ1n) is 9.87. The van der Waals surface area contributed by atoms with Crippen molar-refractivity contribution in [1.82, 2.24) is 10.3 Å². The predicted molar refractivity (Wildman–Crippen MR) is 105 cm³/mol. The van der Waals surface area contributed by atoms with Gasteiger partial charge in [0.05, 0.1) is 35.2 Å². The lowest BCUT2D eigenvalue weighted by atomic mass is 9.87. The first kappa shape index (κ1) is 21.6. The lowest BCUT2D eigenvalue weighted by molar-refractivity contribution is -0.213. The van der Waals surface area contributed by atoms with Gasteiger partial charge in [-0.3, -0.25) is 14.6 Å². The highest BCUT2D eigenvalue weighted by atomic mass is 16.8. The number of ether oxygens (including phenoxy) is 4. The molecule has 2 saturated heterocycles. The Kier molecular flexibility index (Phi) is 5.21. The average Bonchev–Trinajstić information content (AvgIpc) is 3.14. The van der Waals surface area contributed by atoms with Gasteiger partial charge in [-0.05, 0) is 27.7 Å². The van der Waals surface area contributed by atoms with E-state index in [4.69, 9.17) is 18.9 Å². The third-order valence-electron chi connectivity index (χ3n) is 5.55. The maximum atomic E-state index is 13.1. The number of hydrogen-bond acceptors (Lipinski definition) is 10. The van der Waals surface area contributed by atoms with Gasteiger partial charge in [0.15, 0.2) is 17.9 Å². The molecule has 0 aromatic carbocycles. The van der Waals surface area contributed by atoms with Crippen molar-refractivity contribution in [1.29, 1.82) is 0 Å². The molecule has 4 rings (SSSR count). The number of carbonyl (C=O) groups is 3. The molecule has 0 radical (unpaired) electrons. The number of fused-ring (bicyclic) bond motifs is 2. The van der Waals surface area contributed by atoms with E-state index in [0.29, 0.717) is 11.4 Å². The van der Waals surface area contributed by atoms with E-state index in [1.54, 1.807) is 27.7 Å². The van der Waals surface area contributed by atoms with Gasteiger partial charge < -0.3 is 29.4 Å². The molecule has 31 heavy (non-hydrogen) atoms. The number of aryl methyl sites for hydroxylation is 2. The van der Waals surface area contributed by atoms with E-state index in [0.717, 1.165) is 6.08 Å². The molecule has 1 aliphatic carbocycles. The normalized spacial score (nSPS) is 28.8. The Morgan fingerprint density at radius 3 is 2.58 bits per heavy atom. The van der Waals surface area contributed by atoms with Gasteiger partial charge in [-0.1, -0.05) is 0 Å². The van der Waals surface area contributed by atoms with Crippen LogP contribution < -0.4 is 5.32 Å². The molecule has 2 fully saturated rings. The van der Waals surface area contributed by atoms with Crippen molar-refractivity contribution in [2.75, 3.05) is 13.7 Å². The number of aromatic nitrogens is 1. The highest BCUT2D eigenvalue weighted by molar-refractivity contribution is 6.27.